The summed E-state index contributed by atoms with van der Waals surface area (Å²) in [7, 11) is 0. The third-order valence-corrected chi connectivity index (χ3v) is 6.95. The van der Waals surface area contributed by atoms with Crippen LogP contribution in [0.5, 0.6) is 0 Å². The van der Waals surface area contributed by atoms with Gasteiger partial charge in [0.15, 0.2) is 0 Å². The molecule has 3 aromatic carbocycles. The van der Waals surface area contributed by atoms with E-state index in [-0.39, 0.29) is 11.7 Å². The summed E-state index contributed by atoms with van der Waals surface area (Å²) in [4.78, 5) is 18.2. The lowest BCUT2D eigenvalue weighted by atomic mass is 10.00. The van der Waals surface area contributed by atoms with Gasteiger partial charge < -0.3 is 16.4 Å². The highest BCUT2D eigenvalue weighted by Gasteiger charge is 2.26. The van der Waals surface area contributed by atoms with Gasteiger partial charge in [-0.05, 0) is 49.2 Å². The van der Waals surface area contributed by atoms with Gasteiger partial charge in [-0.15, -0.1) is 11.3 Å². The molecule has 2 aromatic heterocycles. The summed E-state index contributed by atoms with van der Waals surface area (Å²) in [5.41, 5.74) is 12.6. The van der Waals surface area contributed by atoms with Gasteiger partial charge in [0, 0.05) is 16.9 Å². The molecule has 4 N–H and O–H groups in total. The first-order valence-electron chi connectivity index (χ1n) is 11.4. The van der Waals surface area contributed by atoms with Gasteiger partial charge >= 0.3 is 0 Å². The Kier molecular flexibility index (Phi) is 6.11. The van der Waals surface area contributed by atoms with E-state index in [4.69, 9.17) is 5.73 Å². The SMILES string of the molecule is Cc1ccc(Nc2sc3c(-c4ccccc4)c(C#N)c(N)nc3c2C(=O)Nc2cccc(C)c2)cc1. The fraction of sp³-hybridized carbons (Fsp3) is 0.0690. The second-order valence-electron chi connectivity index (χ2n) is 8.52. The van der Waals surface area contributed by atoms with E-state index in [0.717, 1.165) is 27.1 Å². The van der Waals surface area contributed by atoms with Crippen molar-refractivity contribution >= 4 is 49.7 Å². The number of hydrogen-bond acceptors (Lipinski definition) is 6. The van der Waals surface area contributed by atoms with E-state index >= 15 is 0 Å². The average Bonchev–Trinajstić information content (AvgIpc) is 3.22. The van der Waals surface area contributed by atoms with E-state index in [1.54, 1.807) is 0 Å². The van der Waals surface area contributed by atoms with Crippen molar-refractivity contribution in [2.75, 3.05) is 16.4 Å². The molecule has 0 saturated carbocycles. The Labute approximate surface area is 213 Å². The standard InChI is InChI=1S/C29H23N5OS/c1-17-11-13-20(14-12-17)33-29-24(28(35)32-21-10-6-7-18(2)15-21)25-26(36-29)23(19-8-4-3-5-9-19)22(16-30)27(31)34-25/h3-15,33H,1-2H3,(H2,31,34)(H,32,35). The largest absolute Gasteiger partial charge is 0.383 e. The zero-order valence-corrected chi connectivity index (χ0v) is 20.6. The molecule has 0 radical (unpaired) electrons. The predicted molar refractivity (Wildman–Crippen MR) is 148 cm³/mol. The molecule has 0 aliphatic carbocycles. The first-order chi connectivity index (χ1) is 17.4. The summed E-state index contributed by atoms with van der Waals surface area (Å²) < 4.78 is 0.718. The molecule has 0 bridgehead atoms. The number of pyridine rings is 1. The topological polar surface area (TPSA) is 104 Å². The Morgan fingerprint density at radius 3 is 2.39 bits per heavy atom. The van der Waals surface area contributed by atoms with Crippen molar-refractivity contribution in [1.29, 1.82) is 5.26 Å². The van der Waals surface area contributed by atoms with Gasteiger partial charge in [0.1, 0.15) is 28.0 Å². The number of thiophene rings is 1. The van der Waals surface area contributed by atoms with Crippen LogP contribution in [0.4, 0.5) is 22.2 Å². The lowest BCUT2D eigenvalue weighted by Crippen LogP contribution is -2.13. The van der Waals surface area contributed by atoms with Gasteiger partial charge in [0.25, 0.3) is 5.91 Å². The number of fused-ring (bicyclic) bond motifs is 1. The molecule has 5 rings (SSSR count). The number of carbonyl (C=O) groups is 1. The third kappa shape index (κ3) is 4.38. The van der Waals surface area contributed by atoms with Crippen LogP contribution in [0, 0.1) is 25.2 Å². The monoisotopic (exact) mass is 489 g/mol. The maximum atomic E-state index is 13.7. The number of hydrogen-bond donors (Lipinski definition) is 3. The van der Waals surface area contributed by atoms with Crippen molar-refractivity contribution in [2.45, 2.75) is 13.8 Å². The number of nitrogen functional groups attached to an aromatic ring is 1. The van der Waals surface area contributed by atoms with Crippen molar-refractivity contribution in [2.24, 2.45) is 0 Å². The normalized spacial score (nSPS) is 10.7. The molecule has 0 spiro atoms. The van der Waals surface area contributed by atoms with E-state index in [9.17, 15) is 10.1 Å². The molecule has 0 saturated heterocycles. The number of rotatable bonds is 5. The summed E-state index contributed by atoms with van der Waals surface area (Å²) in [5.74, 6) is -0.217. The smallest absolute Gasteiger partial charge is 0.260 e. The van der Waals surface area contributed by atoms with Gasteiger partial charge in [0.05, 0.1) is 10.2 Å². The molecule has 36 heavy (non-hydrogen) atoms. The van der Waals surface area contributed by atoms with Gasteiger partial charge in [0.2, 0.25) is 0 Å². The van der Waals surface area contributed by atoms with E-state index in [2.05, 4.69) is 21.7 Å². The molecule has 2 heterocycles. The highest BCUT2D eigenvalue weighted by atomic mass is 32.1. The Bertz CT molecular complexity index is 1630. The van der Waals surface area contributed by atoms with E-state index in [0.29, 0.717) is 32.9 Å². The average molecular weight is 490 g/mol. The first kappa shape index (κ1) is 23.1. The molecule has 0 aliphatic rings. The predicted octanol–water partition coefficient (Wildman–Crippen LogP) is 7.03. The van der Waals surface area contributed by atoms with Gasteiger partial charge in [-0.2, -0.15) is 5.26 Å². The summed E-state index contributed by atoms with van der Waals surface area (Å²) in [5, 5.41) is 16.9. The number of anilines is 4. The molecular weight excluding hydrogens is 466 g/mol. The van der Waals surface area contributed by atoms with Crippen LogP contribution in [0.15, 0.2) is 78.9 Å². The fourth-order valence-corrected chi connectivity index (χ4v) is 5.32. The van der Waals surface area contributed by atoms with Crippen molar-refractivity contribution in [1.82, 2.24) is 4.98 Å². The van der Waals surface area contributed by atoms with Crippen LogP contribution < -0.4 is 16.4 Å². The second-order valence-corrected chi connectivity index (χ2v) is 9.54. The number of nitrogens with one attached hydrogen (secondary N) is 2. The number of nitrogens with zero attached hydrogens (tertiary/aromatic N) is 2. The number of nitrogens with two attached hydrogens (primary N) is 1. The Morgan fingerprint density at radius 1 is 0.944 bits per heavy atom. The van der Waals surface area contributed by atoms with Crippen molar-refractivity contribution in [3.63, 3.8) is 0 Å². The first-order valence-corrected chi connectivity index (χ1v) is 12.2. The summed E-state index contributed by atoms with van der Waals surface area (Å²) in [6, 6.07) is 27.3. The Hall–Kier alpha value is -4.67. The summed E-state index contributed by atoms with van der Waals surface area (Å²) in [6.45, 7) is 3.99. The van der Waals surface area contributed by atoms with Gasteiger partial charge in [-0.25, -0.2) is 4.98 Å². The van der Waals surface area contributed by atoms with Crippen molar-refractivity contribution in [3.05, 3.63) is 101 Å². The number of amides is 1. The Balaban J connectivity index is 1.74. The minimum absolute atomic E-state index is 0.0909. The second kappa shape index (κ2) is 9.53. The highest BCUT2D eigenvalue weighted by molar-refractivity contribution is 7.24. The van der Waals surface area contributed by atoms with E-state index < -0.39 is 0 Å². The fourth-order valence-electron chi connectivity index (χ4n) is 4.09. The number of aromatic nitrogens is 1. The highest BCUT2D eigenvalue weighted by Crippen LogP contribution is 2.44. The molecule has 0 aliphatic heterocycles. The molecule has 0 atom stereocenters. The van der Waals surface area contributed by atoms with Gasteiger partial charge in [-0.3, -0.25) is 4.79 Å². The van der Waals surface area contributed by atoms with Crippen LogP contribution in [0.1, 0.15) is 27.0 Å². The number of nitriles is 1. The van der Waals surface area contributed by atoms with Crippen LogP contribution in [-0.2, 0) is 0 Å². The molecule has 7 heteroatoms. The minimum Gasteiger partial charge on any atom is -0.383 e. The lowest BCUT2D eigenvalue weighted by molar-refractivity contribution is 0.102. The summed E-state index contributed by atoms with van der Waals surface area (Å²) in [6.07, 6.45) is 0. The lowest BCUT2D eigenvalue weighted by Gasteiger charge is -2.10. The summed E-state index contributed by atoms with van der Waals surface area (Å²) >= 11 is 1.38. The molecule has 0 fully saturated rings. The Morgan fingerprint density at radius 2 is 1.69 bits per heavy atom. The van der Waals surface area contributed by atoms with Crippen molar-refractivity contribution < 1.29 is 4.79 Å². The maximum absolute atomic E-state index is 13.7. The minimum atomic E-state index is -0.308. The van der Waals surface area contributed by atoms with Crippen LogP contribution in [0.2, 0.25) is 0 Å². The number of aryl methyl sites for hydroxylation is 2. The van der Waals surface area contributed by atoms with Crippen molar-refractivity contribution in [3.8, 4) is 17.2 Å². The number of benzene rings is 3. The zero-order valence-electron chi connectivity index (χ0n) is 19.8. The van der Waals surface area contributed by atoms with Crippen LogP contribution in [0.25, 0.3) is 21.3 Å². The molecule has 0 unspecified atom stereocenters. The maximum Gasteiger partial charge on any atom is 0.260 e. The van der Waals surface area contributed by atoms with E-state index in [1.807, 2.05) is 92.7 Å². The molecule has 1 amide bonds. The zero-order chi connectivity index (χ0) is 25.2. The van der Waals surface area contributed by atoms with Crippen LogP contribution in [-0.4, -0.2) is 10.9 Å². The quantitative estimate of drug-likeness (QED) is 0.246. The van der Waals surface area contributed by atoms with E-state index in [1.165, 1.54) is 11.3 Å². The molecular formula is C29H23N5OS. The van der Waals surface area contributed by atoms with Gasteiger partial charge in [-0.1, -0.05) is 60.2 Å². The molecule has 6 nitrogen and oxygen atoms in total. The molecule has 176 valence electrons. The molecule has 5 aromatic rings. The number of carbonyl (C=O) groups excluding carboxylic acids is 1. The van der Waals surface area contributed by atoms with Crippen LogP contribution >= 0.6 is 11.3 Å². The third-order valence-electron chi connectivity index (χ3n) is 5.84. The van der Waals surface area contributed by atoms with Crippen LogP contribution in [0.3, 0.4) is 0 Å².